The summed E-state index contributed by atoms with van der Waals surface area (Å²) in [5.41, 5.74) is 0.792. The summed E-state index contributed by atoms with van der Waals surface area (Å²) in [6.07, 6.45) is 9.45. The first-order valence-corrected chi connectivity index (χ1v) is 12.1. The van der Waals surface area contributed by atoms with Crippen LogP contribution in [0.4, 0.5) is 22.2 Å². The molecule has 1 saturated heterocycles. The van der Waals surface area contributed by atoms with Crippen LogP contribution in [0.25, 0.3) is 0 Å². The molecular weight excluding hydrogens is 421 g/mol. The van der Waals surface area contributed by atoms with Crippen molar-refractivity contribution < 1.29 is 9.13 Å². The molecule has 180 valence electrons. The van der Waals surface area contributed by atoms with Crippen LogP contribution in [0.3, 0.4) is 0 Å². The average Bonchev–Trinajstić information content (AvgIpc) is 3.11. The highest BCUT2D eigenvalue weighted by Crippen LogP contribution is 2.23. The largest absolute Gasteiger partial charge is 0.494 e. The Labute approximate surface area is 195 Å². The second-order valence-corrected chi connectivity index (χ2v) is 9.03. The number of nitrogens with one attached hydrogen (secondary N) is 3. The highest BCUT2D eigenvalue weighted by molar-refractivity contribution is 5.45. The van der Waals surface area contributed by atoms with Gasteiger partial charge in [-0.25, -0.2) is 4.39 Å². The van der Waals surface area contributed by atoms with Crippen LogP contribution >= 0.6 is 0 Å². The van der Waals surface area contributed by atoms with Gasteiger partial charge in [-0.3, -0.25) is 0 Å². The Morgan fingerprint density at radius 1 is 1.03 bits per heavy atom. The zero-order chi connectivity index (χ0) is 23.0. The number of rotatable bonds is 8. The molecule has 0 spiro atoms. The molecule has 0 atom stereocenters. The minimum Gasteiger partial charge on any atom is -0.494 e. The van der Waals surface area contributed by atoms with Gasteiger partial charge in [0.2, 0.25) is 17.8 Å². The molecule has 8 nitrogen and oxygen atoms in total. The molecule has 0 amide bonds. The van der Waals surface area contributed by atoms with Gasteiger partial charge in [-0.1, -0.05) is 31.7 Å². The molecule has 1 aromatic heterocycles. The molecule has 1 saturated carbocycles. The lowest BCUT2D eigenvalue weighted by atomic mass is 10.1. The monoisotopic (exact) mass is 457 g/mol. The Hall–Kier alpha value is -2.68. The smallest absolute Gasteiger partial charge is 0.231 e. The van der Waals surface area contributed by atoms with Gasteiger partial charge in [0, 0.05) is 25.7 Å². The molecule has 2 aliphatic rings. The van der Waals surface area contributed by atoms with Crippen molar-refractivity contribution in [3.8, 4) is 5.75 Å². The number of nitrogens with zero attached hydrogens (tertiary/aromatic N) is 4. The molecule has 33 heavy (non-hydrogen) atoms. The zero-order valence-corrected chi connectivity index (χ0v) is 19.7. The molecule has 0 unspecified atom stereocenters. The Morgan fingerprint density at radius 2 is 1.76 bits per heavy atom. The lowest BCUT2D eigenvalue weighted by Gasteiger charge is -2.32. The van der Waals surface area contributed by atoms with Crippen molar-refractivity contribution in [2.24, 2.45) is 0 Å². The van der Waals surface area contributed by atoms with Gasteiger partial charge in [-0.2, -0.15) is 15.0 Å². The van der Waals surface area contributed by atoms with Crippen LogP contribution in [0.1, 0.15) is 56.9 Å². The van der Waals surface area contributed by atoms with Crippen LogP contribution in [-0.2, 0) is 6.54 Å². The molecule has 2 aromatic rings. The molecule has 0 radical (unpaired) electrons. The minimum atomic E-state index is -0.380. The topological polar surface area (TPSA) is 87.2 Å². The van der Waals surface area contributed by atoms with E-state index in [1.165, 1.54) is 38.9 Å². The molecule has 2 heterocycles. The van der Waals surface area contributed by atoms with Crippen molar-refractivity contribution in [3.05, 3.63) is 29.6 Å². The molecular formula is C24H36FN7O. The van der Waals surface area contributed by atoms with E-state index >= 15 is 0 Å². The van der Waals surface area contributed by atoms with E-state index in [1.807, 2.05) is 6.07 Å². The van der Waals surface area contributed by atoms with E-state index in [4.69, 9.17) is 14.7 Å². The predicted molar refractivity (Wildman–Crippen MR) is 130 cm³/mol. The Morgan fingerprint density at radius 3 is 2.45 bits per heavy atom. The highest BCUT2D eigenvalue weighted by Gasteiger charge is 2.22. The average molecular weight is 458 g/mol. The summed E-state index contributed by atoms with van der Waals surface area (Å²) in [6.45, 7) is 2.41. The number of halogens is 1. The van der Waals surface area contributed by atoms with Gasteiger partial charge in [0.15, 0.2) is 11.6 Å². The summed E-state index contributed by atoms with van der Waals surface area (Å²) < 4.78 is 19.1. The number of hydrogen-bond donors (Lipinski definition) is 3. The van der Waals surface area contributed by atoms with E-state index in [1.54, 1.807) is 6.07 Å². The maximum absolute atomic E-state index is 14.1. The quantitative estimate of drug-likeness (QED) is 0.514. The zero-order valence-electron chi connectivity index (χ0n) is 19.7. The molecule has 9 heteroatoms. The van der Waals surface area contributed by atoms with Crippen molar-refractivity contribution in [1.29, 1.82) is 0 Å². The number of anilines is 3. The lowest BCUT2D eigenvalue weighted by Crippen LogP contribution is -2.42. The number of aromatic nitrogens is 3. The van der Waals surface area contributed by atoms with Gasteiger partial charge < -0.3 is 25.6 Å². The summed E-state index contributed by atoms with van der Waals surface area (Å²) in [5, 5.41) is 10.2. The third-order valence-electron chi connectivity index (χ3n) is 6.65. The highest BCUT2D eigenvalue weighted by atomic mass is 19.1. The molecule has 1 aliphatic carbocycles. The fourth-order valence-electron chi connectivity index (χ4n) is 4.63. The van der Waals surface area contributed by atoms with Gasteiger partial charge in [-0.15, -0.1) is 0 Å². The number of piperidine rings is 1. The number of ether oxygens (including phenoxy) is 1. The normalized spacial score (nSPS) is 17.9. The van der Waals surface area contributed by atoms with Crippen LogP contribution in [0.15, 0.2) is 18.2 Å². The van der Waals surface area contributed by atoms with E-state index in [9.17, 15) is 4.39 Å². The maximum Gasteiger partial charge on any atom is 0.231 e. The number of methoxy groups -OCH3 is 1. The summed E-state index contributed by atoms with van der Waals surface area (Å²) in [5.74, 6) is 1.62. The second-order valence-electron chi connectivity index (χ2n) is 9.03. The van der Waals surface area contributed by atoms with Crippen LogP contribution in [0.5, 0.6) is 5.75 Å². The molecule has 1 aromatic carbocycles. The van der Waals surface area contributed by atoms with Crippen molar-refractivity contribution in [3.63, 3.8) is 0 Å². The summed E-state index contributed by atoms with van der Waals surface area (Å²) in [6, 6.07) is 5.72. The van der Waals surface area contributed by atoms with Crippen molar-refractivity contribution in [2.75, 3.05) is 42.8 Å². The summed E-state index contributed by atoms with van der Waals surface area (Å²) in [4.78, 5) is 16.3. The first kappa shape index (κ1) is 23.5. The van der Waals surface area contributed by atoms with Crippen LogP contribution in [-0.4, -0.2) is 54.3 Å². The van der Waals surface area contributed by atoms with E-state index < -0.39 is 0 Å². The van der Waals surface area contributed by atoms with Gasteiger partial charge in [0.25, 0.3) is 0 Å². The van der Waals surface area contributed by atoms with E-state index in [-0.39, 0.29) is 11.6 Å². The van der Waals surface area contributed by atoms with Crippen LogP contribution in [0, 0.1) is 5.82 Å². The van der Waals surface area contributed by atoms with Gasteiger partial charge >= 0.3 is 0 Å². The van der Waals surface area contributed by atoms with Crippen molar-refractivity contribution in [1.82, 2.24) is 20.3 Å². The SMILES string of the molecule is COc1ccc(CNc2nc(NC3CCCCCC3)nc(N(C)C3CCNCC3)n2)cc1F. The van der Waals surface area contributed by atoms with Gasteiger partial charge in [0.1, 0.15) is 0 Å². The molecule has 0 bridgehead atoms. The van der Waals surface area contributed by atoms with Crippen LogP contribution in [0.2, 0.25) is 0 Å². The van der Waals surface area contributed by atoms with Crippen molar-refractivity contribution in [2.45, 2.75) is 70.0 Å². The third-order valence-corrected chi connectivity index (χ3v) is 6.65. The maximum atomic E-state index is 14.1. The lowest BCUT2D eigenvalue weighted by molar-refractivity contribution is 0.386. The first-order chi connectivity index (χ1) is 16.1. The second kappa shape index (κ2) is 11.4. The predicted octanol–water partition coefficient (Wildman–Crippen LogP) is 3.95. The third kappa shape index (κ3) is 6.43. The number of hydrogen-bond acceptors (Lipinski definition) is 8. The van der Waals surface area contributed by atoms with Gasteiger partial charge in [0.05, 0.1) is 7.11 Å². The Balaban J connectivity index is 1.52. The molecule has 1 aliphatic heterocycles. The standard InChI is InChI=1S/C24H36FN7O/c1-32(19-11-13-26-14-12-19)24-30-22(27-16-17-9-10-21(33-2)20(25)15-17)29-23(31-24)28-18-7-5-3-4-6-8-18/h9-10,15,18-19,26H,3-8,11-14,16H2,1-2H3,(H2,27,28,29,30,31). The van der Waals surface area contributed by atoms with Crippen LogP contribution < -0.4 is 25.6 Å². The number of benzene rings is 1. The Bertz CT molecular complexity index is 898. The fourth-order valence-corrected chi connectivity index (χ4v) is 4.63. The minimum absolute atomic E-state index is 0.236. The summed E-state index contributed by atoms with van der Waals surface area (Å²) >= 11 is 0. The van der Waals surface area contributed by atoms with E-state index in [2.05, 4.69) is 32.9 Å². The summed E-state index contributed by atoms with van der Waals surface area (Å²) in [7, 11) is 3.52. The molecule has 2 fully saturated rings. The van der Waals surface area contributed by atoms with E-state index in [0.29, 0.717) is 36.5 Å². The van der Waals surface area contributed by atoms with E-state index in [0.717, 1.165) is 44.3 Å². The molecule has 4 rings (SSSR count). The van der Waals surface area contributed by atoms with Crippen molar-refractivity contribution >= 4 is 17.8 Å². The fraction of sp³-hybridized carbons (Fsp3) is 0.625. The molecule has 3 N–H and O–H groups in total. The van der Waals surface area contributed by atoms with Gasteiger partial charge in [-0.05, 0) is 56.5 Å². The first-order valence-electron chi connectivity index (χ1n) is 12.1. The Kier molecular flexibility index (Phi) is 8.15.